The predicted molar refractivity (Wildman–Crippen MR) is 65.6 cm³/mol. The van der Waals surface area contributed by atoms with E-state index in [0.717, 1.165) is 30.7 Å². The van der Waals surface area contributed by atoms with E-state index in [-0.39, 0.29) is 0 Å². The summed E-state index contributed by atoms with van der Waals surface area (Å²) in [4.78, 5) is 8.44. The highest BCUT2D eigenvalue weighted by Gasteiger charge is 2.26. The lowest BCUT2D eigenvalue weighted by Crippen LogP contribution is -2.28. The number of aromatic nitrogens is 3. The first-order valence-electron chi connectivity index (χ1n) is 5.92. The van der Waals surface area contributed by atoms with Crippen molar-refractivity contribution in [2.45, 2.75) is 19.4 Å². The second-order valence-corrected chi connectivity index (χ2v) is 4.61. The Morgan fingerprint density at radius 3 is 3.24 bits per heavy atom. The lowest BCUT2D eigenvalue weighted by atomic mass is 9.97. The van der Waals surface area contributed by atoms with Gasteiger partial charge in [-0.15, -0.1) is 0 Å². The van der Waals surface area contributed by atoms with Gasteiger partial charge in [-0.05, 0) is 12.5 Å². The Morgan fingerprint density at radius 2 is 2.41 bits per heavy atom. The standard InChI is InChI=1S/C12H16N4O/c1-8-7-17-5-3-10(8)16-11-2-4-14-6-9(11)15-12(16)13/h2,4,6,8,10H,3,5,7H2,1H3,(H2,13,15). The molecule has 1 aliphatic rings. The van der Waals surface area contributed by atoms with Gasteiger partial charge in [0.15, 0.2) is 0 Å². The number of anilines is 1. The molecule has 0 aliphatic carbocycles. The lowest BCUT2D eigenvalue weighted by Gasteiger charge is -2.30. The number of ether oxygens (including phenoxy) is 1. The number of nitrogens with zero attached hydrogens (tertiary/aromatic N) is 3. The number of fused-ring (bicyclic) bond motifs is 1. The van der Waals surface area contributed by atoms with Crippen LogP contribution < -0.4 is 5.73 Å². The first-order valence-corrected chi connectivity index (χ1v) is 5.92. The molecule has 5 heteroatoms. The molecule has 17 heavy (non-hydrogen) atoms. The molecule has 2 atom stereocenters. The molecule has 2 aromatic rings. The van der Waals surface area contributed by atoms with Gasteiger partial charge in [-0.3, -0.25) is 4.98 Å². The molecule has 0 amide bonds. The van der Waals surface area contributed by atoms with E-state index in [0.29, 0.717) is 17.9 Å². The lowest BCUT2D eigenvalue weighted by molar-refractivity contribution is 0.0304. The maximum atomic E-state index is 6.03. The maximum absolute atomic E-state index is 6.03. The Bertz CT molecular complexity index is 536. The highest BCUT2D eigenvalue weighted by Crippen LogP contribution is 2.32. The van der Waals surface area contributed by atoms with Gasteiger partial charge >= 0.3 is 0 Å². The van der Waals surface area contributed by atoms with E-state index in [1.165, 1.54) is 0 Å². The number of rotatable bonds is 1. The van der Waals surface area contributed by atoms with Gasteiger partial charge in [-0.1, -0.05) is 6.92 Å². The third-order valence-corrected chi connectivity index (χ3v) is 3.45. The Hall–Kier alpha value is -1.62. The second kappa shape index (κ2) is 4.00. The van der Waals surface area contributed by atoms with Gasteiger partial charge in [0.25, 0.3) is 0 Å². The van der Waals surface area contributed by atoms with Gasteiger partial charge in [-0.25, -0.2) is 4.98 Å². The van der Waals surface area contributed by atoms with Gasteiger partial charge in [-0.2, -0.15) is 0 Å². The summed E-state index contributed by atoms with van der Waals surface area (Å²) in [5.74, 6) is 1.03. The highest BCUT2D eigenvalue weighted by atomic mass is 16.5. The van der Waals surface area contributed by atoms with Crippen LogP contribution in [0.4, 0.5) is 5.95 Å². The van der Waals surface area contributed by atoms with Gasteiger partial charge in [0.05, 0.1) is 18.3 Å². The van der Waals surface area contributed by atoms with E-state index >= 15 is 0 Å². The summed E-state index contributed by atoms with van der Waals surface area (Å²) in [6.07, 6.45) is 4.52. The zero-order chi connectivity index (χ0) is 11.8. The van der Waals surface area contributed by atoms with Crippen LogP contribution >= 0.6 is 0 Å². The van der Waals surface area contributed by atoms with E-state index < -0.39 is 0 Å². The van der Waals surface area contributed by atoms with E-state index in [2.05, 4.69) is 21.5 Å². The summed E-state index contributed by atoms with van der Waals surface area (Å²) in [7, 11) is 0. The minimum atomic E-state index is 0.371. The number of hydrogen-bond acceptors (Lipinski definition) is 4. The van der Waals surface area contributed by atoms with Crippen molar-refractivity contribution in [1.29, 1.82) is 0 Å². The van der Waals surface area contributed by atoms with Gasteiger partial charge in [0, 0.05) is 24.8 Å². The van der Waals surface area contributed by atoms with Crippen molar-refractivity contribution in [2.24, 2.45) is 5.92 Å². The van der Waals surface area contributed by atoms with Gasteiger partial charge in [0.2, 0.25) is 5.95 Å². The summed E-state index contributed by atoms with van der Waals surface area (Å²) in [6.45, 7) is 3.77. The summed E-state index contributed by atoms with van der Waals surface area (Å²) in [5.41, 5.74) is 7.96. The topological polar surface area (TPSA) is 66.0 Å². The Kier molecular flexibility index (Phi) is 2.48. The molecule has 2 unspecified atom stereocenters. The fourth-order valence-electron chi connectivity index (χ4n) is 2.57. The molecule has 2 N–H and O–H groups in total. The monoisotopic (exact) mass is 232 g/mol. The molecule has 5 nitrogen and oxygen atoms in total. The Labute approximate surface area is 99.6 Å². The number of imidazole rings is 1. The van der Waals surface area contributed by atoms with E-state index in [9.17, 15) is 0 Å². The van der Waals surface area contributed by atoms with Crippen LogP contribution in [0.1, 0.15) is 19.4 Å². The van der Waals surface area contributed by atoms with Crippen molar-refractivity contribution in [3.63, 3.8) is 0 Å². The SMILES string of the molecule is CC1COCCC1n1c(N)nc2cnccc21. The van der Waals surface area contributed by atoms with Crippen LogP contribution in [0.25, 0.3) is 11.0 Å². The fraction of sp³-hybridized carbons (Fsp3) is 0.500. The normalized spacial score (nSPS) is 25.2. The molecule has 3 rings (SSSR count). The molecule has 0 saturated carbocycles. The summed E-state index contributed by atoms with van der Waals surface area (Å²) < 4.78 is 7.60. The van der Waals surface area contributed by atoms with Crippen LogP contribution in [-0.2, 0) is 4.74 Å². The molecule has 2 aromatic heterocycles. The van der Waals surface area contributed by atoms with Crippen LogP contribution in [0.5, 0.6) is 0 Å². The van der Waals surface area contributed by atoms with Crippen molar-refractivity contribution >= 4 is 17.0 Å². The second-order valence-electron chi connectivity index (χ2n) is 4.61. The average molecular weight is 232 g/mol. The molecule has 0 bridgehead atoms. The molecule has 0 aromatic carbocycles. The van der Waals surface area contributed by atoms with Crippen molar-refractivity contribution in [1.82, 2.24) is 14.5 Å². The first kappa shape index (κ1) is 10.5. The molecule has 0 spiro atoms. The van der Waals surface area contributed by atoms with Crippen LogP contribution in [0.3, 0.4) is 0 Å². The third kappa shape index (κ3) is 1.67. The van der Waals surface area contributed by atoms with Crippen molar-refractivity contribution in [3.8, 4) is 0 Å². The van der Waals surface area contributed by atoms with Crippen LogP contribution in [0, 0.1) is 5.92 Å². The third-order valence-electron chi connectivity index (χ3n) is 3.45. The zero-order valence-electron chi connectivity index (χ0n) is 9.84. The molecule has 90 valence electrons. The quantitative estimate of drug-likeness (QED) is 0.811. The van der Waals surface area contributed by atoms with Crippen molar-refractivity contribution in [2.75, 3.05) is 18.9 Å². The van der Waals surface area contributed by atoms with Crippen molar-refractivity contribution < 1.29 is 4.74 Å². The zero-order valence-corrected chi connectivity index (χ0v) is 9.84. The largest absolute Gasteiger partial charge is 0.381 e. The molecule has 0 radical (unpaired) electrons. The summed E-state index contributed by atoms with van der Waals surface area (Å²) in [6, 6.07) is 2.34. The molecule has 1 fully saturated rings. The highest BCUT2D eigenvalue weighted by molar-refractivity contribution is 5.77. The number of nitrogen functional groups attached to an aromatic ring is 1. The molecular formula is C12H16N4O. The number of pyridine rings is 1. The summed E-state index contributed by atoms with van der Waals surface area (Å²) >= 11 is 0. The van der Waals surface area contributed by atoms with E-state index in [4.69, 9.17) is 10.5 Å². The Balaban J connectivity index is 2.12. The van der Waals surface area contributed by atoms with Crippen LogP contribution in [-0.4, -0.2) is 27.7 Å². The van der Waals surface area contributed by atoms with Gasteiger partial charge < -0.3 is 15.0 Å². The number of hydrogen-bond donors (Lipinski definition) is 1. The van der Waals surface area contributed by atoms with Crippen LogP contribution in [0.15, 0.2) is 18.5 Å². The Morgan fingerprint density at radius 1 is 1.53 bits per heavy atom. The smallest absolute Gasteiger partial charge is 0.201 e. The van der Waals surface area contributed by atoms with E-state index in [1.807, 2.05) is 6.07 Å². The average Bonchev–Trinajstić information content (AvgIpc) is 2.66. The van der Waals surface area contributed by atoms with Gasteiger partial charge in [0.1, 0.15) is 5.52 Å². The minimum Gasteiger partial charge on any atom is -0.381 e. The maximum Gasteiger partial charge on any atom is 0.201 e. The molecule has 3 heterocycles. The molecule has 1 saturated heterocycles. The first-order chi connectivity index (χ1) is 8.27. The molecular weight excluding hydrogens is 216 g/mol. The van der Waals surface area contributed by atoms with Crippen molar-refractivity contribution in [3.05, 3.63) is 18.5 Å². The van der Waals surface area contributed by atoms with E-state index in [1.54, 1.807) is 12.4 Å². The number of nitrogens with two attached hydrogens (primary N) is 1. The summed E-state index contributed by atoms with van der Waals surface area (Å²) in [5, 5.41) is 0. The fourth-order valence-corrected chi connectivity index (χ4v) is 2.57. The molecule has 1 aliphatic heterocycles. The predicted octanol–water partition coefficient (Wildman–Crippen LogP) is 1.61. The minimum absolute atomic E-state index is 0.371. The van der Waals surface area contributed by atoms with Crippen LogP contribution in [0.2, 0.25) is 0 Å².